The van der Waals surface area contributed by atoms with Gasteiger partial charge >= 0.3 is 5.97 Å². The van der Waals surface area contributed by atoms with Crippen LogP contribution in [0.3, 0.4) is 0 Å². The van der Waals surface area contributed by atoms with E-state index < -0.39 is 5.97 Å². The zero-order valence-electron chi connectivity index (χ0n) is 13.8. The van der Waals surface area contributed by atoms with Crippen LogP contribution in [0.5, 0.6) is 0 Å². The lowest BCUT2D eigenvalue weighted by molar-refractivity contribution is -0.137. The summed E-state index contributed by atoms with van der Waals surface area (Å²) in [5.74, 6) is 0.200. The molecule has 2 heterocycles. The fraction of sp³-hybridized carbons (Fsp3) is 0.316. The van der Waals surface area contributed by atoms with E-state index in [1.165, 1.54) is 5.56 Å². The number of aryl methyl sites for hydroxylation is 4. The van der Waals surface area contributed by atoms with E-state index >= 15 is 0 Å². The molecule has 0 spiro atoms. The van der Waals surface area contributed by atoms with E-state index in [9.17, 15) is 4.79 Å². The van der Waals surface area contributed by atoms with Crippen molar-refractivity contribution in [1.29, 1.82) is 0 Å². The number of aromatic nitrogens is 3. The van der Waals surface area contributed by atoms with Crippen LogP contribution < -0.4 is 0 Å². The lowest BCUT2D eigenvalue weighted by atomic mass is 10.1. The Bertz CT molecular complexity index is 840. The van der Waals surface area contributed by atoms with Crippen LogP contribution in [0.4, 0.5) is 0 Å². The van der Waals surface area contributed by atoms with Crippen LogP contribution in [0.25, 0.3) is 11.2 Å². The molecule has 2 aromatic heterocycles. The summed E-state index contributed by atoms with van der Waals surface area (Å²) in [7, 11) is 0. The minimum atomic E-state index is -0.769. The first-order valence-electron chi connectivity index (χ1n) is 8.21. The van der Waals surface area contributed by atoms with Crippen molar-refractivity contribution in [3.63, 3.8) is 0 Å². The monoisotopic (exact) mass is 323 g/mol. The van der Waals surface area contributed by atoms with Crippen molar-refractivity contribution >= 4 is 17.1 Å². The maximum Gasteiger partial charge on any atom is 0.303 e. The third-order valence-electron chi connectivity index (χ3n) is 4.05. The van der Waals surface area contributed by atoms with Crippen LogP contribution >= 0.6 is 0 Å². The molecule has 5 nitrogen and oxygen atoms in total. The van der Waals surface area contributed by atoms with Gasteiger partial charge in [0.1, 0.15) is 11.3 Å². The van der Waals surface area contributed by atoms with E-state index in [1.807, 2.05) is 37.4 Å². The number of carbonyl (C=O) groups is 1. The summed E-state index contributed by atoms with van der Waals surface area (Å²) >= 11 is 0. The Morgan fingerprint density at radius 2 is 2.00 bits per heavy atom. The van der Waals surface area contributed by atoms with Gasteiger partial charge in [-0.25, -0.2) is 9.97 Å². The van der Waals surface area contributed by atoms with Crippen LogP contribution in [0.15, 0.2) is 42.6 Å². The molecule has 0 amide bonds. The van der Waals surface area contributed by atoms with Crippen LogP contribution in [-0.4, -0.2) is 25.6 Å². The van der Waals surface area contributed by atoms with Gasteiger partial charge in [0, 0.05) is 25.6 Å². The van der Waals surface area contributed by atoms with E-state index in [0.717, 1.165) is 35.4 Å². The number of carboxylic acid groups (broad SMARTS) is 1. The molecule has 1 aromatic carbocycles. The van der Waals surface area contributed by atoms with Crippen LogP contribution in [-0.2, 0) is 24.2 Å². The van der Waals surface area contributed by atoms with Gasteiger partial charge in [0.25, 0.3) is 0 Å². The molecule has 124 valence electrons. The third kappa shape index (κ3) is 3.79. The summed E-state index contributed by atoms with van der Waals surface area (Å²) in [4.78, 5) is 20.0. The number of aliphatic carboxylic acids is 1. The summed E-state index contributed by atoms with van der Waals surface area (Å²) in [5.41, 5.74) is 4.07. The van der Waals surface area contributed by atoms with Crippen molar-refractivity contribution < 1.29 is 9.90 Å². The number of imidazole rings is 1. The van der Waals surface area contributed by atoms with Crippen LogP contribution in [0.2, 0.25) is 0 Å². The highest BCUT2D eigenvalue weighted by Crippen LogP contribution is 2.18. The Labute approximate surface area is 141 Å². The van der Waals surface area contributed by atoms with Crippen LogP contribution in [0.1, 0.15) is 29.8 Å². The highest BCUT2D eigenvalue weighted by molar-refractivity contribution is 5.72. The quantitative estimate of drug-likeness (QED) is 0.723. The maximum atomic E-state index is 10.8. The summed E-state index contributed by atoms with van der Waals surface area (Å²) in [6, 6.07) is 12.3. The lowest BCUT2D eigenvalue weighted by Crippen LogP contribution is -2.08. The summed E-state index contributed by atoms with van der Waals surface area (Å²) in [6.07, 6.45) is 4.28. The average Bonchev–Trinajstić information content (AvgIpc) is 2.90. The summed E-state index contributed by atoms with van der Waals surface area (Å²) in [6.45, 7) is 2.63. The molecule has 0 atom stereocenters. The van der Waals surface area contributed by atoms with Crippen molar-refractivity contribution in [3.8, 4) is 0 Å². The molecule has 0 saturated carbocycles. The Kier molecular flexibility index (Phi) is 4.89. The van der Waals surface area contributed by atoms with E-state index in [0.29, 0.717) is 13.0 Å². The predicted molar refractivity (Wildman–Crippen MR) is 93.0 cm³/mol. The molecule has 3 aromatic rings. The Balaban J connectivity index is 1.85. The molecule has 0 fully saturated rings. The molecule has 24 heavy (non-hydrogen) atoms. The zero-order valence-corrected chi connectivity index (χ0v) is 13.8. The van der Waals surface area contributed by atoms with Gasteiger partial charge in [-0.2, -0.15) is 0 Å². The number of fused-ring (bicyclic) bond motifs is 1. The third-order valence-corrected chi connectivity index (χ3v) is 4.05. The highest BCUT2D eigenvalue weighted by Gasteiger charge is 2.12. The summed E-state index contributed by atoms with van der Waals surface area (Å²) < 4.78 is 2.07. The Morgan fingerprint density at radius 3 is 2.75 bits per heavy atom. The van der Waals surface area contributed by atoms with Crippen molar-refractivity contribution in [3.05, 3.63) is 59.5 Å². The highest BCUT2D eigenvalue weighted by atomic mass is 16.4. The lowest BCUT2D eigenvalue weighted by Gasteiger charge is -2.08. The summed E-state index contributed by atoms with van der Waals surface area (Å²) in [5, 5.41) is 8.87. The van der Waals surface area contributed by atoms with E-state index in [4.69, 9.17) is 10.1 Å². The van der Waals surface area contributed by atoms with E-state index in [1.54, 1.807) is 0 Å². The Morgan fingerprint density at radius 1 is 1.21 bits per heavy atom. The van der Waals surface area contributed by atoms with Gasteiger partial charge in [0.2, 0.25) is 0 Å². The number of pyridine rings is 1. The number of carboxylic acids is 1. The molecule has 1 N–H and O–H groups in total. The van der Waals surface area contributed by atoms with Crippen molar-refractivity contribution in [2.75, 3.05) is 0 Å². The van der Waals surface area contributed by atoms with Gasteiger partial charge in [0.05, 0.1) is 0 Å². The second-order valence-corrected chi connectivity index (χ2v) is 6.02. The smallest absolute Gasteiger partial charge is 0.303 e. The fourth-order valence-electron chi connectivity index (χ4n) is 2.87. The molecule has 3 rings (SSSR count). The Hall–Kier alpha value is -2.69. The minimum absolute atomic E-state index is 0.156. The SMILES string of the molecule is Cc1cnc2c(c1)nc(CCc1ccccc1)n2CCCC(=O)O. The predicted octanol–water partition coefficient (Wildman–Crippen LogP) is 3.39. The topological polar surface area (TPSA) is 68.0 Å². The first kappa shape index (κ1) is 16.2. The molecule has 0 aliphatic rings. The van der Waals surface area contributed by atoms with Gasteiger partial charge in [-0.05, 0) is 37.0 Å². The molecule has 5 heteroatoms. The van der Waals surface area contributed by atoms with Gasteiger partial charge in [-0.15, -0.1) is 0 Å². The maximum absolute atomic E-state index is 10.8. The largest absolute Gasteiger partial charge is 0.481 e. The number of rotatable bonds is 7. The van der Waals surface area contributed by atoms with Crippen LogP contribution in [0, 0.1) is 6.92 Å². The number of hydrogen-bond acceptors (Lipinski definition) is 3. The second-order valence-electron chi connectivity index (χ2n) is 6.02. The fourth-order valence-corrected chi connectivity index (χ4v) is 2.87. The number of nitrogens with zero attached hydrogens (tertiary/aromatic N) is 3. The molecule has 0 radical (unpaired) electrons. The molecule has 0 unspecified atom stereocenters. The van der Waals surface area contributed by atoms with Gasteiger partial charge in [0.15, 0.2) is 5.65 Å². The zero-order chi connectivity index (χ0) is 16.9. The van der Waals surface area contributed by atoms with Crippen molar-refractivity contribution in [2.24, 2.45) is 0 Å². The molecule has 0 bridgehead atoms. The molecule has 0 aliphatic carbocycles. The standard InChI is InChI=1S/C19H21N3O2/c1-14-12-16-19(20-13-14)22(11-5-8-18(23)24)17(21-16)10-9-15-6-3-2-4-7-15/h2-4,6-7,12-13H,5,8-11H2,1H3,(H,23,24). The average molecular weight is 323 g/mol. The van der Waals surface area contributed by atoms with Gasteiger partial charge in [-0.1, -0.05) is 30.3 Å². The molecule has 0 saturated heterocycles. The molecular formula is C19H21N3O2. The molecular weight excluding hydrogens is 302 g/mol. The van der Waals surface area contributed by atoms with Crippen molar-refractivity contribution in [1.82, 2.24) is 14.5 Å². The number of benzene rings is 1. The van der Waals surface area contributed by atoms with E-state index in [-0.39, 0.29) is 6.42 Å². The second kappa shape index (κ2) is 7.25. The minimum Gasteiger partial charge on any atom is -0.481 e. The normalized spacial score (nSPS) is 11.0. The van der Waals surface area contributed by atoms with Gasteiger partial charge in [-0.3, -0.25) is 4.79 Å². The van der Waals surface area contributed by atoms with Crippen molar-refractivity contribution in [2.45, 2.75) is 39.2 Å². The van der Waals surface area contributed by atoms with E-state index in [2.05, 4.69) is 21.7 Å². The molecule has 0 aliphatic heterocycles. The number of hydrogen-bond donors (Lipinski definition) is 1. The van der Waals surface area contributed by atoms with Gasteiger partial charge < -0.3 is 9.67 Å². The first-order chi connectivity index (χ1) is 11.6. The first-order valence-corrected chi connectivity index (χ1v) is 8.21.